The third kappa shape index (κ3) is 0.996. The number of hydroxylamine groups is 1. The molecule has 3 N–H and O–H groups in total. The Balaban J connectivity index is 2.31. The van der Waals surface area contributed by atoms with Gasteiger partial charge in [0.05, 0.1) is 6.42 Å². The van der Waals surface area contributed by atoms with Gasteiger partial charge in [0.25, 0.3) is 5.91 Å². The van der Waals surface area contributed by atoms with E-state index in [0.717, 1.165) is 0 Å². The van der Waals surface area contributed by atoms with Crippen molar-refractivity contribution in [3.63, 3.8) is 0 Å². The van der Waals surface area contributed by atoms with E-state index in [9.17, 15) is 9.59 Å². The summed E-state index contributed by atoms with van der Waals surface area (Å²) in [6, 6.07) is -0.525. The highest BCUT2D eigenvalue weighted by molar-refractivity contribution is 5.96. The summed E-state index contributed by atoms with van der Waals surface area (Å²) < 4.78 is 0. The van der Waals surface area contributed by atoms with Crippen molar-refractivity contribution in [1.29, 1.82) is 0 Å². The maximum Gasteiger partial charge on any atom is 0.266 e. The van der Waals surface area contributed by atoms with E-state index < -0.39 is 11.9 Å². The number of β-lactam (4-membered cyclic amide) rings is 1. The molecule has 1 saturated heterocycles. The molecule has 0 unspecified atom stereocenters. The number of amides is 2. The fourth-order valence-corrected chi connectivity index (χ4v) is 0.595. The van der Waals surface area contributed by atoms with Crippen molar-refractivity contribution in [3.05, 3.63) is 0 Å². The van der Waals surface area contributed by atoms with Crippen molar-refractivity contribution >= 4 is 11.8 Å². The summed E-state index contributed by atoms with van der Waals surface area (Å²) in [5.74, 6) is -0.724. The highest BCUT2D eigenvalue weighted by atomic mass is 16.5. The Labute approximate surface area is 51.0 Å². The fraction of sp³-hybridized carbons (Fsp3) is 0.500. The Morgan fingerprint density at radius 1 is 1.89 bits per heavy atom. The van der Waals surface area contributed by atoms with Gasteiger partial charge in [-0.1, -0.05) is 0 Å². The Hall–Kier alpha value is -1.10. The number of carbonyl (C=O) groups is 2. The second kappa shape index (κ2) is 2.02. The van der Waals surface area contributed by atoms with Gasteiger partial charge in [0.15, 0.2) is 0 Å². The lowest BCUT2D eigenvalue weighted by atomic mass is 10.1. The zero-order chi connectivity index (χ0) is 6.85. The molecule has 2 amide bonds. The second-order valence-corrected chi connectivity index (χ2v) is 1.80. The molecular formula is C4H6N2O3. The van der Waals surface area contributed by atoms with Gasteiger partial charge in [-0.2, -0.15) is 0 Å². The average molecular weight is 130 g/mol. The number of hydrogen-bond donors (Lipinski definition) is 3. The molecule has 50 valence electrons. The molecule has 1 aliphatic heterocycles. The molecule has 0 radical (unpaired) electrons. The smallest absolute Gasteiger partial charge is 0.266 e. The predicted molar refractivity (Wildman–Crippen MR) is 26.5 cm³/mol. The van der Waals surface area contributed by atoms with Gasteiger partial charge in [-0.15, -0.1) is 0 Å². The lowest BCUT2D eigenvalue weighted by molar-refractivity contribution is -0.141. The Kier molecular flexibility index (Phi) is 1.35. The number of hydrogen-bond acceptors (Lipinski definition) is 3. The molecule has 0 aromatic carbocycles. The first-order valence-electron chi connectivity index (χ1n) is 2.47. The summed E-state index contributed by atoms with van der Waals surface area (Å²) in [5.41, 5.74) is 1.43. The van der Waals surface area contributed by atoms with Crippen molar-refractivity contribution in [3.8, 4) is 0 Å². The standard InChI is InChI=1S/C4H6N2O3/c7-3-1-2(5-3)4(8)6-9/h2,9H,1H2,(H,5,7)(H,6,8)/t2-/m0/s1. The largest absolute Gasteiger partial charge is 0.344 e. The van der Waals surface area contributed by atoms with Crippen LogP contribution in [0.4, 0.5) is 0 Å². The molecule has 0 aliphatic carbocycles. The SMILES string of the molecule is O=C1C[C@@H](C(=O)NO)N1. The van der Waals surface area contributed by atoms with E-state index in [2.05, 4.69) is 5.32 Å². The number of rotatable bonds is 1. The molecule has 1 atom stereocenters. The van der Waals surface area contributed by atoms with Crippen molar-refractivity contribution in [2.75, 3.05) is 0 Å². The van der Waals surface area contributed by atoms with E-state index >= 15 is 0 Å². The van der Waals surface area contributed by atoms with Crippen LogP contribution in [0.25, 0.3) is 0 Å². The van der Waals surface area contributed by atoms with Crippen LogP contribution in [-0.2, 0) is 9.59 Å². The molecule has 0 spiro atoms. The zero-order valence-corrected chi connectivity index (χ0v) is 4.55. The van der Waals surface area contributed by atoms with Crippen LogP contribution in [0.3, 0.4) is 0 Å². The molecule has 0 bridgehead atoms. The van der Waals surface area contributed by atoms with Gasteiger partial charge < -0.3 is 5.32 Å². The van der Waals surface area contributed by atoms with Crippen LogP contribution >= 0.6 is 0 Å². The third-order valence-corrected chi connectivity index (χ3v) is 1.15. The van der Waals surface area contributed by atoms with Gasteiger partial charge in [-0.3, -0.25) is 14.8 Å². The topological polar surface area (TPSA) is 78.4 Å². The lowest BCUT2D eigenvalue weighted by Crippen LogP contribution is -2.56. The number of carbonyl (C=O) groups excluding carboxylic acids is 2. The predicted octanol–water partition coefficient (Wildman–Crippen LogP) is -1.62. The van der Waals surface area contributed by atoms with Gasteiger partial charge >= 0.3 is 0 Å². The fourth-order valence-electron chi connectivity index (χ4n) is 0.595. The van der Waals surface area contributed by atoms with Crippen LogP contribution in [0.15, 0.2) is 0 Å². The Bertz CT molecular complexity index is 148. The van der Waals surface area contributed by atoms with Gasteiger partial charge in [0.1, 0.15) is 6.04 Å². The van der Waals surface area contributed by atoms with E-state index in [1.54, 1.807) is 0 Å². The van der Waals surface area contributed by atoms with Crippen LogP contribution in [0.2, 0.25) is 0 Å². The van der Waals surface area contributed by atoms with E-state index in [-0.39, 0.29) is 12.3 Å². The van der Waals surface area contributed by atoms with Crippen LogP contribution in [0.1, 0.15) is 6.42 Å². The highest BCUT2D eigenvalue weighted by Gasteiger charge is 2.31. The molecule has 5 heteroatoms. The first-order chi connectivity index (χ1) is 4.24. The van der Waals surface area contributed by atoms with Crippen molar-refractivity contribution < 1.29 is 14.8 Å². The van der Waals surface area contributed by atoms with Gasteiger partial charge in [0.2, 0.25) is 5.91 Å². The van der Waals surface area contributed by atoms with E-state index in [0.29, 0.717) is 0 Å². The quantitative estimate of drug-likeness (QED) is 0.227. The Morgan fingerprint density at radius 3 is 2.78 bits per heavy atom. The minimum absolute atomic E-state index is 0.163. The van der Waals surface area contributed by atoms with Gasteiger partial charge in [0, 0.05) is 0 Å². The first kappa shape index (κ1) is 6.03. The summed E-state index contributed by atoms with van der Waals surface area (Å²) in [4.78, 5) is 20.5. The molecular weight excluding hydrogens is 124 g/mol. The van der Waals surface area contributed by atoms with Crippen LogP contribution < -0.4 is 10.8 Å². The van der Waals surface area contributed by atoms with E-state index in [4.69, 9.17) is 5.21 Å². The molecule has 0 aromatic rings. The maximum atomic E-state index is 10.4. The third-order valence-electron chi connectivity index (χ3n) is 1.15. The summed E-state index contributed by atoms with van der Waals surface area (Å²) >= 11 is 0. The molecule has 1 aliphatic rings. The van der Waals surface area contributed by atoms with Crippen LogP contribution in [0, 0.1) is 0 Å². The van der Waals surface area contributed by atoms with Crippen LogP contribution in [0.5, 0.6) is 0 Å². The van der Waals surface area contributed by atoms with E-state index in [1.807, 2.05) is 0 Å². The van der Waals surface area contributed by atoms with Gasteiger partial charge in [-0.25, -0.2) is 5.48 Å². The Morgan fingerprint density at radius 2 is 2.44 bits per heavy atom. The molecule has 1 rings (SSSR count). The average Bonchev–Trinajstić information content (AvgIpc) is 1.79. The summed E-state index contributed by atoms with van der Waals surface area (Å²) in [5, 5.41) is 10.3. The minimum Gasteiger partial charge on any atom is -0.344 e. The molecule has 9 heavy (non-hydrogen) atoms. The van der Waals surface area contributed by atoms with Crippen molar-refractivity contribution in [1.82, 2.24) is 10.8 Å². The lowest BCUT2D eigenvalue weighted by Gasteiger charge is -2.23. The van der Waals surface area contributed by atoms with Crippen molar-refractivity contribution in [2.45, 2.75) is 12.5 Å². The summed E-state index contributed by atoms with van der Waals surface area (Å²) in [7, 11) is 0. The van der Waals surface area contributed by atoms with Gasteiger partial charge in [-0.05, 0) is 0 Å². The summed E-state index contributed by atoms with van der Waals surface area (Å²) in [6.07, 6.45) is 0.173. The molecule has 1 heterocycles. The normalized spacial score (nSPS) is 24.1. The first-order valence-corrected chi connectivity index (χ1v) is 2.47. The second-order valence-electron chi connectivity index (χ2n) is 1.80. The maximum absolute atomic E-state index is 10.4. The van der Waals surface area contributed by atoms with Crippen molar-refractivity contribution in [2.24, 2.45) is 0 Å². The number of nitrogens with one attached hydrogen (secondary N) is 2. The van der Waals surface area contributed by atoms with Crippen LogP contribution in [-0.4, -0.2) is 23.1 Å². The highest BCUT2D eigenvalue weighted by Crippen LogP contribution is 2.02. The zero-order valence-electron chi connectivity index (χ0n) is 4.55. The molecule has 1 fully saturated rings. The van der Waals surface area contributed by atoms with E-state index in [1.165, 1.54) is 5.48 Å². The molecule has 0 aromatic heterocycles. The molecule has 0 saturated carbocycles. The monoisotopic (exact) mass is 130 g/mol. The summed E-state index contributed by atoms with van der Waals surface area (Å²) in [6.45, 7) is 0. The minimum atomic E-state index is -0.561. The molecule has 5 nitrogen and oxygen atoms in total.